The second-order valence-electron chi connectivity index (χ2n) is 6.43. The van der Waals surface area contributed by atoms with Gasteiger partial charge in [-0.25, -0.2) is 9.59 Å². The highest BCUT2D eigenvalue weighted by molar-refractivity contribution is 5.92. The van der Waals surface area contributed by atoms with Crippen LogP contribution in [0.25, 0.3) is 0 Å². The summed E-state index contributed by atoms with van der Waals surface area (Å²) in [5.74, 6) is -0.833. The fourth-order valence-corrected chi connectivity index (χ4v) is 2.65. The summed E-state index contributed by atoms with van der Waals surface area (Å²) in [4.78, 5) is 34.0. The number of nitrogens with one attached hydrogen (secondary N) is 2. The van der Waals surface area contributed by atoms with Crippen LogP contribution in [0.5, 0.6) is 11.5 Å². The largest absolute Gasteiger partial charge is 0.481 e. The maximum absolute atomic E-state index is 12.2. The minimum Gasteiger partial charge on any atom is -0.481 e. The van der Waals surface area contributed by atoms with E-state index in [0.717, 1.165) is 0 Å². The smallest absolute Gasteiger partial charge is 0.326 e. The van der Waals surface area contributed by atoms with E-state index in [9.17, 15) is 19.5 Å². The van der Waals surface area contributed by atoms with Gasteiger partial charge in [0.15, 0.2) is 0 Å². The second-order valence-corrected chi connectivity index (χ2v) is 6.43. The summed E-state index contributed by atoms with van der Waals surface area (Å²) >= 11 is 0. The van der Waals surface area contributed by atoms with Crippen molar-refractivity contribution < 1.29 is 29.3 Å². The molecule has 0 saturated carbocycles. The van der Waals surface area contributed by atoms with Gasteiger partial charge in [-0.1, -0.05) is 37.1 Å². The highest BCUT2D eigenvalue weighted by atomic mass is 16.5. The third kappa shape index (κ3) is 8.34. The molecule has 0 unspecified atom stereocenters. The number of rotatable bonds is 11. The number of carboxylic acids is 2. The number of ether oxygens (including phenoxy) is 1. The van der Waals surface area contributed by atoms with E-state index in [0.29, 0.717) is 36.4 Å². The Morgan fingerprint density at radius 1 is 0.897 bits per heavy atom. The Kier molecular flexibility index (Phi) is 8.50. The molecule has 0 saturated heterocycles. The van der Waals surface area contributed by atoms with Gasteiger partial charge in [-0.2, -0.15) is 0 Å². The summed E-state index contributed by atoms with van der Waals surface area (Å²) in [6, 6.07) is 14.2. The van der Waals surface area contributed by atoms with Crippen LogP contribution in [0.2, 0.25) is 0 Å². The van der Waals surface area contributed by atoms with Crippen molar-refractivity contribution in [2.24, 2.45) is 0 Å². The molecule has 0 aromatic heterocycles. The summed E-state index contributed by atoms with van der Waals surface area (Å²) in [6.07, 6.45) is 1.83. The predicted octanol–water partition coefficient (Wildman–Crippen LogP) is 4.09. The zero-order valence-electron chi connectivity index (χ0n) is 15.8. The number of carboxylic acid groups (broad SMARTS) is 2. The molecule has 154 valence electrons. The van der Waals surface area contributed by atoms with Gasteiger partial charge in [0.25, 0.3) is 0 Å². The molecule has 2 rings (SSSR count). The molecule has 0 radical (unpaired) electrons. The van der Waals surface area contributed by atoms with Crippen molar-refractivity contribution in [2.45, 2.75) is 38.1 Å². The quantitative estimate of drug-likeness (QED) is 0.421. The topological polar surface area (TPSA) is 125 Å². The Balaban J connectivity index is 1.85. The number of para-hydroxylation sites is 1. The lowest BCUT2D eigenvalue weighted by atomic mass is 10.1. The van der Waals surface area contributed by atoms with Gasteiger partial charge >= 0.3 is 18.0 Å². The van der Waals surface area contributed by atoms with Crippen molar-refractivity contribution in [1.82, 2.24) is 5.32 Å². The van der Waals surface area contributed by atoms with Gasteiger partial charge < -0.3 is 25.6 Å². The van der Waals surface area contributed by atoms with E-state index < -0.39 is 24.0 Å². The van der Waals surface area contributed by atoms with Crippen LogP contribution >= 0.6 is 0 Å². The molecule has 1 atom stereocenters. The van der Waals surface area contributed by atoms with Gasteiger partial charge in [0.05, 0.1) is 0 Å². The van der Waals surface area contributed by atoms with E-state index in [-0.39, 0.29) is 12.8 Å². The molecule has 4 N–H and O–H groups in total. The van der Waals surface area contributed by atoms with E-state index in [2.05, 4.69) is 10.6 Å². The summed E-state index contributed by atoms with van der Waals surface area (Å²) in [6.45, 7) is 0. The number of urea groups is 1. The fourth-order valence-electron chi connectivity index (χ4n) is 2.65. The van der Waals surface area contributed by atoms with Crippen LogP contribution in [0.4, 0.5) is 10.5 Å². The SMILES string of the molecule is O=C(O)CCCCC[C@H](NC(=O)Nc1cccc(Oc2ccccc2)c1)C(=O)O. The molecule has 2 aromatic carbocycles. The van der Waals surface area contributed by atoms with Crippen LogP contribution in [0.15, 0.2) is 54.6 Å². The monoisotopic (exact) mass is 400 g/mol. The molecule has 2 aromatic rings. The summed E-state index contributed by atoms with van der Waals surface area (Å²) < 4.78 is 5.71. The number of carbonyl (C=O) groups is 3. The van der Waals surface area contributed by atoms with Crippen molar-refractivity contribution in [3.8, 4) is 11.5 Å². The molecule has 0 spiro atoms. The van der Waals surface area contributed by atoms with Crippen LogP contribution < -0.4 is 15.4 Å². The summed E-state index contributed by atoms with van der Waals surface area (Å²) in [7, 11) is 0. The number of amides is 2. The Bertz CT molecular complexity index is 825. The molecule has 0 aliphatic rings. The van der Waals surface area contributed by atoms with Crippen molar-refractivity contribution in [1.29, 1.82) is 0 Å². The molecule has 8 nitrogen and oxygen atoms in total. The lowest BCUT2D eigenvalue weighted by Crippen LogP contribution is -2.42. The van der Waals surface area contributed by atoms with Crippen LogP contribution in [-0.4, -0.2) is 34.2 Å². The van der Waals surface area contributed by atoms with E-state index in [4.69, 9.17) is 9.84 Å². The Morgan fingerprint density at radius 3 is 2.31 bits per heavy atom. The lowest BCUT2D eigenvalue weighted by molar-refractivity contribution is -0.139. The van der Waals surface area contributed by atoms with Crippen molar-refractivity contribution in [3.05, 3.63) is 54.6 Å². The Hall–Kier alpha value is -3.55. The van der Waals surface area contributed by atoms with Crippen LogP contribution in [0.1, 0.15) is 32.1 Å². The zero-order chi connectivity index (χ0) is 21.1. The summed E-state index contributed by atoms with van der Waals surface area (Å²) in [5.41, 5.74) is 0.460. The minimum atomic E-state index is -1.14. The maximum Gasteiger partial charge on any atom is 0.326 e. The normalized spacial score (nSPS) is 11.3. The van der Waals surface area contributed by atoms with E-state index >= 15 is 0 Å². The van der Waals surface area contributed by atoms with Crippen LogP contribution in [0, 0.1) is 0 Å². The van der Waals surface area contributed by atoms with E-state index in [1.165, 1.54) is 0 Å². The number of benzene rings is 2. The second kappa shape index (κ2) is 11.3. The van der Waals surface area contributed by atoms with Gasteiger partial charge in [-0.3, -0.25) is 4.79 Å². The molecule has 0 aliphatic carbocycles. The van der Waals surface area contributed by atoms with Gasteiger partial charge in [0.1, 0.15) is 17.5 Å². The highest BCUT2D eigenvalue weighted by Crippen LogP contribution is 2.23. The van der Waals surface area contributed by atoms with Crippen molar-refractivity contribution in [3.63, 3.8) is 0 Å². The molecular formula is C21H24N2O6. The molecule has 2 amide bonds. The standard InChI is InChI=1S/C21H24N2O6/c24-19(25)13-6-2-5-12-18(20(26)27)23-21(28)22-15-8-7-11-17(14-15)29-16-9-3-1-4-10-16/h1,3-4,7-11,14,18H,2,5-6,12-13H2,(H,24,25)(H,26,27)(H2,22,23,28)/t18-/m0/s1. The predicted molar refractivity (Wildman–Crippen MR) is 107 cm³/mol. The van der Waals surface area contributed by atoms with Gasteiger partial charge in [-0.05, 0) is 37.1 Å². The molecule has 0 bridgehead atoms. The minimum absolute atomic E-state index is 0.0487. The van der Waals surface area contributed by atoms with Gasteiger partial charge in [0, 0.05) is 18.2 Å². The van der Waals surface area contributed by atoms with Gasteiger partial charge in [0.2, 0.25) is 0 Å². The fraction of sp³-hybridized carbons (Fsp3) is 0.286. The zero-order valence-corrected chi connectivity index (χ0v) is 15.8. The van der Waals surface area contributed by atoms with Gasteiger partial charge in [-0.15, -0.1) is 0 Å². The number of hydrogen-bond donors (Lipinski definition) is 4. The average Bonchev–Trinajstić information content (AvgIpc) is 2.67. The van der Waals surface area contributed by atoms with E-state index in [1.54, 1.807) is 36.4 Å². The molecule has 0 fully saturated rings. The van der Waals surface area contributed by atoms with Crippen LogP contribution in [0.3, 0.4) is 0 Å². The first-order valence-corrected chi connectivity index (χ1v) is 9.29. The summed E-state index contributed by atoms with van der Waals surface area (Å²) in [5, 5.41) is 22.9. The maximum atomic E-state index is 12.2. The molecular weight excluding hydrogens is 376 g/mol. The molecule has 0 aliphatic heterocycles. The highest BCUT2D eigenvalue weighted by Gasteiger charge is 2.19. The first-order valence-electron chi connectivity index (χ1n) is 9.29. The van der Waals surface area contributed by atoms with Crippen molar-refractivity contribution in [2.75, 3.05) is 5.32 Å². The van der Waals surface area contributed by atoms with Crippen molar-refractivity contribution >= 4 is 23.7 Å². The van der Waals surface area contributed by atoms with Crippen LogP contribution in [-0.2, 0) is 9.59 Å². The third-order valence-electron chi connectivity index (χ3n) is 4.06. The Morgan fingerprint density at radius 2 is 1.62 bits per heavy atom. The first kappa shape index (κ1) is 21.7. The van der Waals surface area contributed by atoms with E-state index in [1.807, 2.05) is 18.2 Å². The number of carbonyl (C=O) groups excluding carboxylic acids is 1. The third-order valence-corrected chi connectivity index (χ3v) is 4.06. The molecule has 0 heterocycles. The average molecular weight is 400 g/mol. The number of hydrogen-bond acceptors (Lipinski definition) is 4. The first-order chi connectivity index (χ1) is 13.9. The Labute approximate surface area is 168 Å². The number of aliphatic carboxylic acids is 2. The number of anilines is 1. The molecule has 8 heteroatoms. The lowest BCUT2D eigenvalue weighted by Gasteiger charge is -2.15. The number of unbranched alkanes of at least 4 members (excludes halogenated alkanes) is 2. The molecule has 29 heavy (non-hydrogen) atoms.